The van der Waals surface area contributed by atoms with Crippen molar-refractivity contribution in [3.8, 4) is 11.5 Å². The minimum Gasteiger partial charge on any atom is -0.496 e. The van der Waals surface area contributed by atoms with E-state index in [0.717, 1.165) is 0 Å². The molecule has 4 nitrogen and oxygen atoms in total. The van der Waals surface area contributed by atoms with Crippen molar-refractivity contribution >= 4 is 33.1 Å². The van der Waals surface area contributed by atoms with E-state index >= 15 is 0 Å². The number of rotatable bonds is 3. The third kappa shape index (κ3) is 2.46. The van der Waals surface area contributed by atoms with Crippen molar-refractivity contribution in [1.29, 1.82) is 0 Å². The Hall–Kier alpha value is -1.88. The van der Waals surface area contributed by atoms with Gasteiger partial charge in [-0.3, -0.25) is 9.59 Å². The number of methoxy groups -OCH3 is 2. The molecule has 0 unspecified atom stereocenters. The third-order valence-corrected chi connectivity index (χ3v) is 3.35. The molecule has 0 aliphatic heterocycles. The van der Waals surface area contributed by atoms with Crippen LogP contribution in [0.25, 0.3) is 5.57 Å². The predicted molar refractivity (Wildman–Crippen MR) is 74.5 cm³/mol. The molecule has 5 heteroatoms. The molecule has 0 aromatic heterocycles. The highest BCUT2D eigenvalue weighted by Gasteiger charge is 2.25. The van der Waals surface area contributed by atoms with Gasteiger partial charge in [-0.2, -0.15) is 0 Å². The van der Waals surface area contributed by atoms with Crippen LogP contribution in [0, 0.1) is 0 Å². The molecule has 0 radical (unpaired) electrons. The van der Waals surface area contributed by atoms with E-state index < -0.39 is 0 Å². The molecular weight excluding hydrogens is 312 g/mol. The SMILES string of the molecule is COc1cccc(OC)c1C1=CC(=O)C(Br)=CC1=O. The van der Waals surface area contributed by atoms with Crippen LogP contribution in [-0.2, 0) is 9.59 Å². The summed E-state index contributed by atoms with van der Waals surface area (Å²) in [7, 11) is 3.00. The monoisotopic (exact) mass is 322 g/mol. The number of carbonyl (C=O) groups excluding carboxylic acids is 2. The summed E-state index contributed by atoms with van der Waals surface area (Å²) in [5.41, 5.74) is 0.754. The summed E-state index contributed by atoms with van der Waals surface area (Å²) in [6, 6.07) is 5.18. The van der Waals surface area contributed by atoms with Gasteiger partial charge in [0, 0.05) is 11.6 Å². The number of allylic oxidation sites excluding steroid dienone is 4. The van der Waals surface area contributed by atoms with Gasteiger partial charge in [-0.15, -0.1) is 0 Å². The number of ketones is 2. The average molecular weight is 323 g/mol. The highest BCUT2D eigenvalue weighted by Crippen LogP contribution is 2.37. The predicted octanol–water partition coefficient (Wildman–Crippen LogP) is 2.52. The Morgan fingerprint density at radius 2 is 1.53 bits per heavy atom. The minimum atomic E-state index is -0.269. The van der Waals surface area contributed by atoms with E-state index in [4.69, 9.17) is 9.47 Å². The van der Waals surface area contributed by atoms with E-state index in [0.29, 0.717) is 17.1 Å². The number of ether oxygens (including phenoxy) is 2. The summed E-state index contributed by atoms with van der Waals surface area (Å²) >= 11 is 3.05. The van der Waals surface area contributed by atoms with Crippen LogP contribution in [0.5, 0.6) is 11.5 Å². The lowest BCUT2D eigenvalue weighted by atomic mass is 9.95. The Morgan fingerprint density at radius 1 is 0.947 bits per heavy atom. The van der Waals surface area contributed by atoms with E-state index in [1.54, 1.807) is 18.2 Å². The Bertz CT molecular complexity index is 592. The van der Waals surface area contributed by atoms with Crippen LogP contribution < -0.4 is 9.47 Å². The zero-order valence-corrected chi connectivity index (χ0v) is 12.0. The molecule has 0 heterocycles. The molecule has 1 aromatic rings. The Balaban J connectivity index is 2.62. The molecule has 0 saturated carbocycles. The van der Waals surface area contributed by atoms with Crippen LogP contribution in [0.2, 0.25) is 0 Å². The zero-order chi connectivity index (χ0) is 14.0. The van der Waals surface area contributed by atoms with Gasteiger partial charge in [-0.05, 0) is 34.1 Å². The van der Waals surface area contributed by atoms with Gasteiger partial charge in [-0.1, -0.05) is 6.07 Å². The molecule has 19 heavy (non-hydrogen) atoms. The Kier molecular flexibility index (Phi) is 3.85. The number of carbonyl (C=O) groups is 2. The van der Waals surface area contributed by atoms with E-state index in [1.165, 1.54) is 26.4 Å². The Morgan fingerprint density at radius 3 is 2.05 bits per heavy atom. The van der Waals surface area contributed by atoms with Crippen LogP contribution in [0.1, 0.15) is 5.56 Å². The average Bonchev–Trinajstić information content (AvgIpc) is 2.42. The first-order chi connectivity index (χ1) is 9.08. The smallest absolute Gasteiger partial charge is 0.193 e. The van der Waals surface area contributed by atoms with Gasteiger partial charge in [0.2, 0.25) is 0 Å². The number of benzene rings is 1. The van der Waals surface area contributed by atoms with Crippen molar-refractivity contribution in [2.75, 3.05) is 14.2 Å². The maximum atomic E-state index is 12.0. The van der Waals surface area contributed by atoms with Crippen molar-refractivity contribution in [2.45, 2.75) is 0 Å². The standard InChI is InChI=1S/C14H11BrO4/c1-18-12-4-3-5-13(19-2)14(12)8-6-11(17)9(15)7-10(8)16/h3-7H,1-2H3. The molecule has 0 saturated heterocycles. The van der Waals surface area contributed by atoms with Crippen molar-refractivity contribution in [2.24, 2.45) is 0 Å². The molecule has 0 bridgehead atoms. The summed E-state index contributed by atoms with van der Waals surface area (Å²) in [5, 5.41) is 0. The van der Waals surface area contributed by atoms with Crippen molar-refractivity contribution < 1.29 is 19.1 Å². The molecule has 2 rings (SSSR count). The first-order valence-corrected chi connectivity index (χ1v) is 6.26. The number of hydrogen-bond donors (Lipinski definition) is 0. The molecule has 0 fully saturated rings. The first kappa shape index (κ1) is 13.5. The molecule has 1 aromatic carbocycles. The van der Waals surface area contributed by atoms with Gasteiger partial charge in [0.15, 0.2) is 11.6 Å². The molecule has 0 spiro atoms. The Labute approximate surface area is 118 Å². The summed E-state index contributed by atoms with van der Waals surface area (Å²) in [4.78, 5) is 23.7. The van der Waals surface area contributed by atoms with Crippen LogP contribution in [-0.4, -0.2) is 25.8 Å². The maximum absolute atomic E-state index is 12.0. The van der Waals surface area contributed by atoms with Gasteiger partial charge >= 0.3 is 0 Å². The molecule has 1 aliphatic rings. The van der Waals surface area contributed by atoms with E-state index in [-0.39, 0.29) is 21.6 Å². The first-order valence-electron chi connectivity index (χ1n) is 5.47. The third-order valence-electron chi connectivity index (χ3n) is 2.73. The summed E-state index contributed by atoms with van der Waals surface area (Å²) in [6.45, 7) is 0. The van der Waals surface area contributed by atoms with Crippen LogP contribution in [0.3, 0.4) is 0 Å². The van der Waals surface area contributed by atoms with Crippen molar-refractivity contribution in [3.05, 3.63) is 40.4 Å². The minimum absolute atomic E-state index is 0.245. The summed E-state index contributed by atoms with van der Waals surface area (Å²) < 4.78 is 10.7. The fourth-order valence-electron chi connectivity index (χ4n) is 1.85. The topological polar surface area (TPSA) is 52.6 Å². The van der Waals surface area contributed by atoms with E-state index in [2.05, 4.69) is 15.9 Å². The van der Waals surface area contributed by atoms with Crippen molar-refractivity contribution in [1.82, 2.24) is 0 Å². The lowest BCUT2D eigenvalue weighted by Gasteiger charge is -2.16. The largest absolute Gasteiger partial charge is 0.496 e. The fraction of sp³-hybridized carbons (Fsp3) is 0.143. The van der Waals surface area contributed by atoms with E-state index in [1.807, 2.05) is 0 Å². The quantitative estimate of drug-likeness (QED) is 0.802. The van der Waals surface area contributed by atoms with Gasteiger partial charge in [-0.25, -0.2) is 0 Å². The summed E-state index contributed by atoms with van der Waals surface area (Å²) in [6.07, 6.45) is 2.54. The van der Waals surface area contributed by atoms with Crippen LogP contribution >= 0.6 is 15.9 Å². The second-order valence-corrected chi connectivity index (χ2v) is 4.67. The van der Waals surface area contributed by atoms with Gasteiger partial charge in [0.1, 0.15) is 11.5 Å². The van der Waals surface area contributed by atoms with Gasteiger partial charge in [0.05, 0.1) is 24.3 Å². The lowest BCUT2D eigenvalue weighted by Crippen LogP contribution is -2.11. The van der Waals surface area contributed by atoms with Gasteiger partial charge < -0.3 is 9.47 Å². The molecule has 0 N–H and O–H groups in total. The highest BCUT2D eigenvalue weighted by atomic mass is 79.9. The molecule has 0 atom stereocenters. The number of halogens is 1. The molecule has 0 amide bonds. The van der Waals surface area contributed by atoms with E-state index in [9.17, 15) is 9.59 Å². The highest BCUT2D eigenvalue weighted by molar-refractivity contribution is 9.12. The van der Waals surface area contributed by atoms with Crippen LogP contribution in [0.15, 0.2) is 34.8 Å². The molecule has 98 valence electrons. The fourth-order valence-corrected chi connectivity index (χ4v) is 2.17. The second kappa shape index (κ2) is 5.40. The van der Waals surface area contributed by atoms with Crippen LogP contribution in [0.4, 0.5) is 0 Å². The second-order valence-electron chi connectivity index (χ2n) is 3.82. The zero-order valence-electron chi connectivity index (χ0n) is 10.4. The normalized spacial score (nSPS) is 14.9. The van der Waals surface area contributed by atoms with Gasteiger partial charge in [0.25, 0.3) is 0 Å². The number of hydrogen-bond acceptors (Lipinski definition) is 4. The lowest BCUT2D eigenvalue weighted by molar-refractivity contribution is -0.113. The van der Waals surface area contributed by atoms with Crippen molar-refractivity contribution in [3.63, 3.8) is 0 Å². The maximum Gasteiger partial charge on any atom is 0.193 e. The molecular formula is C14H11BrO4. The summed E-state index contributed by atoms with van der Waals surface area (Å²) in [5.74, 6) is 0.438. The molecule has 1 aliphatic carbocycles.